The van der Waals surface area contributed by atoms with Gasteiger partial charge in [-0.3, -0.25) is 14.2 Å². The van der Waals surface area contributed by atoms with Crippen LogP contribution in [0.15, 0.2) is 29.1 Å². The number of hydrogen-bond acceptors (Lipinski definition) is 6. The molecule has 150 valence electrons. The van der Waals surface area contributed by atoms with Crippen molar-refractivity contribution >= 4 is 47.0 Å². The van der Waals surface area contributed by atoms with E-state index in [9.17, 15) is 14.4 Å². The number of nitrogens with zero attached hydrogens (tertiary/aromatic N) is 1. The number of esters is 1. The number of amides is 1. The van der Waals surface area contributed by atoms with Crippen molar-refractivity contribution in [3.63, 3.8) is 0 Å². The number of hydrogen-bond donors (Lipinski definition) is 1. The van der Waals surface area contributed by atoms with Gasteiger partial charge >= 0.3 is 5.97 Å². The van der Waals surface area contributed by atoms with Gasteiger partial charge in [-0.1, -0.05) is 29.8 Å². The molecule has 0 aliphatic carbocycles. The van der Waals surface area contributed by atoms with E-state index in [1.807, 2.05) is 0 Å². The molecule has 2 rings (SSSR count). The van der Waals surface area contributed by atoms with Gasteiger partial charge in [-0.2, -0.15) is 0 Å². The van der Waals surface area contributed by atoms with Crippen molar-refractivity contribution < 1.29 is 19.1 Å². The molecular formula is C19H21ClN2O5S. The van der Waals surface area contributed by atoms with Gasteiger partial charge in [0.25, 0.3) is 5.56 Å². The molecule has 0 saturated heterocycles. The van der Waals surface area contributed by atoms with E-state index in [0.717, 1.165) is 11.3 Å². The van der Waals surface area contributed by atoms with Gasteiger partial charge in [-0.15, -0.1) is 11.3 Å². The number of aromatic nitrogens is 1. The van der Waals surface area contributed by atoms with Crippen LogP contribution in [0, 0.1) is 0 Å². The predicted octanol–water partition coefficient (Wildman–Crippen LogP) is 0.498. The normalized spacial score (nSPS) is 12.2. The monoisotopic (exact) mass is 424 g/mol. The van der Waals surface area contributed by atoms with Gasteiger partial charge in [0.15, 0.2) is 0 Å². The Hall–Kier alpha value is -2.42. The number of nitrogens with one attached hydrogen (secondary N) is 1. The summed E-state index contributed by atoms with van der Waals surface area (Å²) >= 11 is 7.25. The van der Waals surface area contributed by atoms with Crippen LogP contribution < -0.4 is 20.1 Å². The van der Waals surface area contributed by atoms with Gasteiger partial charge in [-0.25, -0.2) is 4.79 Å². The van der Waals surface area contributed by atoms with E-state index in [4.69, 9.17) is 21.1 Å². The number of thiazole rings is 1. The standard InChI is InChI=1S/C19H21ClN2O5S/c1-3-27-18(24)11-17-22(12-16(23)21-8-9-26-2)19(25)15(28-17)10-13-6-4-5-7-14(13)20/h4-7,10-11H,3,8-9,12H2,1-2H3,(H,21,23)/b15-10-,17-11-. The molecule has 28 heavy (non-hydrogen) atoms. The fourth-order valence-electron chi connectivity index (χ4n) is 2.30. The average molecular weight is 425 g/mol. The molecule has 2 aromatic rings. The highest BCUT2D eigenvalue weighted by atomic mass is 35.5. The molecule has 1 amide bonds. The first-order valence-corrected chi connectivity index (χ1v) is 9.75. The number of benzene rings is 1. The summed E-state index contributed by atoms with van der Waals surface area (Å²) in [4.78, 5) is 36.8. The summed E-state index contributed by atoms with van der Waals surface area (Å²) in [6.07, 6.45) is 2.85. The molecular weight excluding hydrogens is 404 g/mol. The summed E-state index contributed by atoms with van der Waals surface area (Å²) in [5, 5.41) is 3.15. The highest BCUT2D eigenvalue weighted by Gasteiger charge is 2.11. The lowest BCUT2D eigenvalue weighted by molar-refractivity contribution is -0.135. The molecule has 0 atom stereocenters. The van der Waals surface area contributed by atoms with Crippen LogP contribution in [-0.4, -0.2) is 43.3 Å². The minimum Gasteiger partial charge on any atom is -0.463 e. The maximum absolute atomic E-state index is 12.8. The molecule has 0 fully saturated rings. The Balaban J connectivity index is 2.48. The zero-order valence-electron chi connectivity index (χ0n) is 15.6. The Labute approximate surface area is 170 Å². The summed E-state index contributed by atoms with van der Waals surface area (Å²) in [6.45, 7) is 2.36. The van der Waals surface area contributed by atoms with E-state index in [2.05, 4.69) is 5.32 Å². The van der Waals surface area contributed by atoms with E-state index in [1.54, 1.807) is 37.3 Å². The molecule has 0 aliphatic heterocycles. The van der Waals surface area contributed by atoms with Crippen LogP contribution in [0.4, 0.5) is 0 Å². The van der Waals surface area contributed by atoms with Crippen LogP contribution in [0.25, 0.3) is 12.2 Å². The molecule has 0 aliphatic rings. The molecule has 1 aromatic heterocycles. The van der Waals surface area contributed by atoms with E-state index in [-0.39, 0.29) is 24.6 Å². The van der Waals surface area contributed by atoms with E-state index in [0.29, 0.717) is 32.9 Å². The van der Waals surface area contributed by atoms with E-state index >= 15 is 0 Å². The topological polar surface area (TPSA) is 86.6 Å². The molecule has 1 aromatic carbocycles. The largest absolute Gasteiger partial charge is 0.463 e. The SMILES string of the molecule is CCOC(=O)/C=c1\s/c(=C\c2ccccc2Cl)c(=O)n1CC(=O)NCCOC. The lowest BCUT2D eigenvalue weighted by Crippen LogP contribution is -2.39. The first-order chi connectivity index (χ1) is 13.5. The van der Waals surface area contributed by atoms with Gasteiger partial charge < -0.3 is 14.8 Å². The second kappa shape index (κ2) is 10.8. The zero-order valence-corrected chi connectivity index (χ0v) is 17.1. The van der Waals surface area contributed by atoms with Crippen molar-refractivity contribution in [2.24, 2.45) is 0 Å². The Morgan fingerprint density at radius 1 is 1.32 bits per heavy atom. The summed E-state index contributed by atoms with van der Waals surface area (Å²) < 4.78 is 11.7. The Kier molecular flexibility index (Phi) is 8.43. The smallest absolute Gasteiger partial charge is 0.333 e. The zero-order chi connectivity index (χ0) is 20.5. The van der Waals surface area contributed by atoms with Crippen LogP contribution in [0.3, 0.4) is 0 Å². The van der Waals surface area contributed by atoms with Crippen molar-refractivity contribution in [3.8, 4) is 0 Å². The van der Waals surface area contributed by atoms with Crippen LogP contribution in [0.1, 0.15) is 12.5 Å². The molecule has 0 spiro atoms. The highest BCUT2D eigenvalue weighted by Crippen LogP contribution is 2.14. The van der Waals surface area contributed by atoms with Crippen LogP contribution in [0.2, 0.25) is 5.02 Å². The third-order valence-corrected chi connectivity index (χ3v) is 4.99. The number of carbonyl (C=O) groups is 2. The quantitative estimate of drug-likeness (QED) is 0.492. The number of ether oxygens (including phenoxy) is 2. The minimum absolute atomic E-state index is 0.209. The molecule has 1 heterocycles. The average Bonchev–Trinajstić information content (AvgIpc) is 2.93. The Morgan fingerprint density at radius 3 is 2.75 bits per heavy atom. The van der Waals surface area contributed by atoms with Gasteiger partial charge in [-0.05, 0) is 24.6 Å². The van der Waals surface area contributed by atoms with Gasteiger partial charge in [0, 0.05) is 18.7 Å². The first kappa shape index (κ1) is 21.9. The second-order valence-electron chi connectivity index (χ2n) is 5.60. The predicted molar refractivity (Wildman–Crippen MR) is 109 cm³/mol. The summed E-state index contributed by atoms with van der Waals surface area (Å²) in [5.41, 5.74) is 0.282. The summed E-state index contributed by atoms with van der Waals surface area (Å²) in [7, 11) is 1.53. The number of methoxy groups -OCH3 is 1. The maximum atomic E-state index is 12.8. The van der Waals surface area contributed by atoms with E-state index < -0.39 is 5.97 Å². The van der Waals surface area contributed by atoms with E-state index in [1.165, 1.54) is 17.8 Å². The Morgan fingerprint density at radius 2 is 2.07 bits per heavy atom. The first-order valence-electron chi connectivity index (χ1n) is 8.56. The van der Waals surface area contributed by atoms with Gasteiger partial charge in [0.05, 0.1) is 23.8 Å². The molecule has 0 unspecified atom stereocenters. The Bertz CT molecular complexity index is 1010. The molecule has 0 saturated carbocycles. The summed E-state index contributed by atoms with van der Waals surface area (Å²) in [5.74, 6) is -0.943. The number of halogens is 1. The van der Waals surface area contributed by atoms with Crippen molar-refractivity contribution in [1.29, 1.82) is 0 Å². The second-order valence-corrected chi connectivity index (χ2v) is 7.07. The maximum Gasteiger partial charge on any atom is 0.333 e. The van der Waals surface area contributed by atoms with Crippen LogP contribution >= 0.6 is 22.9 Å². The third-order valence-electron chi connectivity index (χ3n) is 3.59. The van der Waals surface area contributed by atoms with Crippen molar-refractivity contribution in [2.75, 3.05) is 26.9 Å². The van der Waals surface area contributed by atoms with Crippen molar-refractivity contribution in [1.82, 2.24) is 9.88 Å². The molecule has 1 N–H and O–H groups in total. The van der Waals surface area contributed by atoms with Crippen LogP contribution in [-0.2, 0) is 25.6 Å². The van der Waals surface area contributed by atoms with Crippen molar-refractivity contribution in [2.45, 2.75) is 13.5 Å². The minimum atomic E-state index is -0.582. The molecule has 0 bridgehead atoms. The lowest BCUT2D eigenvalue weighted by atomic mass is 10.2. The van der Waals surface area contributed by atoms with Gasteiger partial charge in [0.2, 0.25) is 5.91 Å². The molecule has 9 heteroatoms. The third kappa shape index (κ3) is 6.05. The molecule has 0 radical (unpaired) electrons. The van der Waals surface area contributed by atoms with Crippen molar-refractivity contribution in [3.05, 3.63) is 54.4 Å². The number of carbonyl (C=O) groups excluding carboxylic acids is 2. The highest BCUT2D eigenvalue weighted by molar-refractivity contribution is 7.07. The molecule has 7 nitrogen and oxygen atoms in total. The van der Waals surface area contributed by atoms with Crippen LogP contribution in [0.5, 0.6) is 0 Å². The summed E-state index contributed by atoms with van der Waals surface area (Å²) in [6, 6.07) is 7.09. The lowest BCUT2D eigenvalue weighted by Gasteiger charge is -2.05. The fraction of sp³-hybridized carbons (Fsp3) is 0.316. The number of rotatable bonds is 8. The fourth-order valence-corrected chi connectivity index (χ4v) is 3.51. The van der Waals surface area contributed by atoms with Gasteiger partial charge in [0.1, 0.15) is 11.2 Å².